The van der Waals surface area contributed by atoms with Crippen molar-refractivity contribution in [1.82, 2.24) is 0 Å². The molecule has 1 fully saturated rings. The van der Waals surface area contributed by atoms with Crippen molar-refractivity contribution < 1.29 is 24.2 Å². The number of ketones is 1. The molecule has 0 radical (unpaired) electrons. The molecule has 1 saturated heterocycles. The van der Waals surface area contributed by atoms with Gasteiger partial charge in [0.1, 0.15) is 17.3 Å². The van der Waals surface area contributed by atoms with Gasteiger partial charge in [-0.15, -0.1) is 0 Å². The van der Waals surface area contributed by atoms with Gasteiger partial charge in [-0.05, 0) is 74.4 Å². The van der Waals surface area contributed by atoms with Gasteiger partial charge in [-0.1, -0.05) is 31.2 Å². The van der Waals surface area contributed by atoms with Crippen molar-refractivity contribution in [1.29, 1.82) is 5.26 Å². The number of anilines is 1. The highest BCUT2D eigenvalue weighted by atomic mass is 16.5. The third-order valence-electron chi connectivity index (χ3n) is 5.84. The molecule has 7 heteroatoms. The standard InChI is InChI=1S/C30H28N2O5/c1-4-15-36-24-9-5-7-21(16-24)27-26(28(33)22-8-6-10-25(17-22)37-19(2)3)29(34)30(35)32(27)23-13-11-20(18-31)12-14-23/h5-14,16-17,19,27,33H,4,15H2,1-3H3/b28-26-. The Labute approximate surface area is 216 Å². The molecule has 1 heterocycles. The summed E-state index contributed by atoms with van der Waals surface area (Å²) in [5.74, 6) is -0.745. The zero-order valence-corrected chi connectivity index (χ0v) is 21.0. The third-order valence-corrected chi connectivity index (χ3v) is 5.84. The third kappa shape index (κ3) is 5.34. The molecule has 7 nitrogen and oxygen atoms in total. The number of benzene rings is 3. The maximum Gasteiger partial charge on any atom is 0.300 e. The minimum absolute atomic E-state index is 0.0382. The first kappa shape index (κ1) is 25.5. The Hall–Kier alpha value is -4.57. The summed E-state index contributed by atoms with van der Waals surface area (Å²) >= 11 is 0. The molecular weight excluding hydrogens is 468 g/mol. The number of aliphatic hydroxyl groups excluding tert-OH is 1. The number of carbonyl (C=O) groups excluding carboxylic acids is 2. The van der Waals surface area contributed by atoms with Crippen LogP contribution in [-0.4, -0.2) is 29.5 Å². The lowest BCUT2D eigenvalue weighted by Crippen LogP contribution is -2.29. The molecule has 3 aromatic carbocycles. The predicted molar refractivity (Wildman–Crippen MR) is 140 cm³/mol. The summed E-state index contributed by atoms with van der Waals surface area (Å²) < 4.78 is 11.5. The predicted octanol–water partition coefficient (Wildman–Crippen LogP) is 5.76. The number of aliphatic hydroxyl groups is 1. The van der Waals surface area contributed by atoms with Crippen LogP contribution in [0.1, 0.15) is 49.9 Å². The van der Waals surface area contributed by atoms with Gasteiger partial charge in [0.2, 0.25) is 0 Å². The monoisotopic (exact) mass is 496 g/mol. The highest BCUT2D eigenvalue weighted by Gasteiger charge is 2.47. The van der Waals surface area contributed by atoms with Crippen LogP contribution in [0.15, 0.2) is 78.4 Å². The highest BCUT2D eigenvalue weighted by molar-refractivity contribution is 6.51. The summed E-state index contributed by atoms with van der Waals surface area (Å²) in [7, 11) is 0. The molecule has 1 amide bonds. The van der Waals surface area contributed by atoms with Crippen molar-refractivity contribution in [2.75, 3.05) is 11.5 Å². The second-order valence-corrected chi connectivity index (χ2v) is 8.94. The number of nitrogens with zero attached hydrogens (tertiary/aromatic N) is 2. The van der Waals surface area contributed by atoms with Crippen molar-refractivity contribution in [3.8, 4) is 17.6 Å². The van der Waals surface area contributed by atoms with Crippen molar-refractivity contribution in [3.05, 3.63) is 95.1 Å². The zero-order valence-electron chi connectivity index (χ0n) is 21.0. The zero-order chi connectivity index (χ0) is 26.5. The number of hydrogen-bond donors (Lipinski definition) is 1. The Bertz CT molecular complexity index is 1390. The molecule has 1 atom stereocenters. The summed E-state index contributed by atoms with van der Waals surface area (Å²) in [4.78, 5) is 28.1. The highest BCUT2D eigenvalue weighted by Crippen LogP contribution is 2.43. The minimum atomic E-state index is -0.909. The van der Waals surface area contributed by atoms with Crippen LogP contribution in [0.4, 0.5) is 5.69 Å². The van der Waals surface area contributed by atoms with E-state index in [-0.39, 0.29) is 17.4 Å². The molecule has 3 aromatic rings. The van der Waals surface area contributed by atoms with E-state index < -0.39 is 17.7 Å². The first-order chi connectivity index (χ1) is 17.8. The van der Waals surface area contributed by atoms with Gasteiger partial charge in [0, 0.05) is 11.3 Å². The first-order valence-electron chi connectivity index (χ1n) is 12.1. The normalized spacial score (nSPS) is 16.6. The van der Waals surface area contributed by atoms with Crippen LogP contribution in [0.2, 0.25) is 0 Å². The molecule has 0 bridgehead atoms. The summed E-state index contributed by atoms with van der Waals surface area (Å²) in [5, 5.41) is 20.6. The molecule has 1 aliphatic heterocycles. The largest absolute Gasteiger partial charge is 0.507 e. The summed E-state index contributed by atoms with van der Waals surface area (Å²) in [6.45, 7) is 6.30. The van der Waals surface area contributed by atoms with Crippen molar-refractivity contribution in [2.45, 2.75) is 39.3 Å². The van der Waals surface area contributed by atoms with Crippen LogP contribution >= 0.6 is 0 Å². The molecule has 1 unspecified atom stereocenters. The van der Waals surface area contributed by atoms with Crippen molar-refractivity contribution in [3.63, 3.8) is 0 Å². The SMILES string of the molecule is CCCOc1cccc(C2/C(=C(/O)c3cccc(OC(C)C)c3)C(=O)C(=O)N2c2ccc(C#N)cc2)c1. The molecule has 0 aliphatic carbocycles. The molecule has 4 rings (SSSR count). The first-order valence-corrected chi connectivity index (χ1v) is 12.1. The van der Waals surface area contributed by atoms with E-state index in [1.54, 1.807) is 72.8 Å². The van der Waals surface area contributed by atoms with E-state index in [1.807, 2.05) is 20.8 Å². The van der Waals surface area contributed by atoms with E-state index in [4.69, 9.17) is 9.47 Å². The smallest absolute Gasteiger partial charge is 0.300 e. The number of carbonyl (C=O) groups is 2. The summed E-state index contributed by atoms with van der Waals surface area (Å²) in [6.07, 6.45) is 0.744. The maximum atomic E-state index is 13.4. The number of ether oxygens (including phenoxy) is 2. The second-order valence-electron chi connectivity index (χ2n) is 8.94. The summed E-state index contributed by atoms with van der Waals surface area (Å²) in [5.41, 5.74) is 1.78. The van der Waals surface area contributed by atoms with E-state index in [9.17, 15) is 20.0 Å². The number of hydrogen-bond acceptors (Lipinski definition) is 6. The maximum absolute atomic E-state index is 13.4. The van der Waals surface area contributed by atoms with Crippen LogP contribution in [-0.2, 0) is 9.59 Å². The molecular formula is C30H28N2O5. The van der Waals surface area contributed by atoms with E-state index in [0.29, 0.717) is 40.5 Å². The molecule has 0 spiro atoms. The molecule has 0 saturated carbocycles. The van der Waals surface area contributed by atoms with Crippen LogP contribution < -0.4 is 14.4 Å². The van der Waals surface area contributed by atoms with Gasteiger partial charge in [0.15, 0.2) is 0 Å². The quantitative estimate of drug-likeness (QED) is 0.242. The summed E-state index contributed by atoms with van der Waals surface area (Å²) in [6, 6.07) is 21.5. The Morgan fingerprint density at radius 1 is 1.03 bits per heavy atom. The van der Waals surface area contributed by atoms with Gasteiger partial charge in [-0.25, -0.2) is 0 Å². The average Bonchev–Trinajstić information content (AvgIpc) is 3.17. The Morgan fingerprint density at radius 2 is 1.73 bits per heavy atom. The Balaban J connectivity index is 1.89. The van der Waals surface area contributed by atoms with Gasteiger partial charge < -0.3 is 14.6 Å². The number of amides is 1. The number of Topliss-reactive ketones (excluding diaryl/α,β-unsaturated/α-hetero) is 1. The van der Waals surface area contributed by atoms with Crippen molar-refractivity contribution >= 4 is 23.1 Å². The topological polar surface area (TPSA) is 99.9 Å². The average molecular weight is 497 g/mol. The van der Waals surface area contributed by atoms with Gasteiger partial charge in [0.05, 0.1) is 36.0 Å². The lowest BCUT2D eigenvalue weighted by molar-refractivity contribution is -0.132. The van der Waals surface area contributed by atoms with Crippen LogP contribution in [0, 0.1) is 11.3 Å². The number of nitriles is 1. The Kier molecular flexibility index (Phi) is 7.59. The van der Waals surface area contributed by atoms with Crippen LogP contribution in [0.5, 0.6) is 11.5 Å². The molecule has 1 aliphatic rings. The fourth-order valence-electron chi connectivity index (χ4n) is 4.25. The molecule has 188 valence electrons. The van der Waals surface area contributed by atoms with E-state index in [0.717, 1.165) is 6.42 Å². The van der Waals surface area contributed by atoms with Crippen molar-refractivity contribution in [2.24, 2.45) is 0 Å². The van der Waals surface area contributed by atoms with E-state index in [2.05, 4.69) is 6.07 Å². The second kappa shape index (κ2) is 11.0. The van der Waals surface area contributed by atoms with Gasteiger partial charge >= 0.3 is 0 Å². The lowest BCUT2D eigenvalue weighted by Gasteiger charge is -2.26. The Morgan fingerprint density at radius 3 is 2.41 bits per heavy atom. The fourth-order valence-corrected chi connectivity index (χ4v) is 4.25. The van der Waals surface area contributed by atoms with Crippen LogP contribution in [0.25, 0.3) is 5.76 Å². The molecule has 1 N–H and O–H groups in total. The fraction of sp³-hybridized carbons (Fsp3) is 0.233. The van der Waals surface area contributed by atoms with Gasteiger partial charge in [-0.2, -0.15) is 5.26 Å². The lowest BCUT2D eigenvalue weighted by atomic mass is 9.95. The van der Waals surface area contributed by atoms with Gasteiger partial charge in [0.25, 0.3) is 11.7 Å². The van der Waals surface area contributed by atoms with Crippen LogP contribution in [0.3, 0.4) is 0 Å². The number of rotatable bonds is 8. The minimum Gasteiger partial charge on any atom is -0.507 e. The molecule has 0 aromatic heterocycles. The molecule has 37 heavy (non-hydrogen) atoms. The van der Waals surface area contributed by atoms with Gasteiger partial charge in [-0.3, -0.25) is 14.5 Å². The van der Waals surface area contributed by atoms with E-state index in [1.165, 1.54) is 4.90 Å². The van der Waals surface area contributed by atoms with E-state index >= 15 is 0 Å².